The molecule has 0 saturated heterocycles. The third-order valence-electron chi connectivity index (χ3n) is 8.39. The second-order valence-corrected chi connectivity index (χ2v) is 12.9. The van der Waals surface area contributed by atoms with E-state index in [1.54, 1.807) is 0 Å². The summed E-state index contributed by atoms with van der Waals surface area (Å²) in [4.78, 5) is 23.1. The van der Waals surface area contributed by atoms with E-state index in [0.29, 0.717) is 12.3 Å². The highest BCUT2D eigenvalue weighted by Gasteiger charge is 2.40. The zero-order valence-electron chi connectivity index (χ0n) is 25.5. The number of hydrogen-bond donors (Lipinski definition) is 2. The zero-order chi connectivity index (χ0) is 27.9. The normalized spacial score (nSPS) is 14.2. The Balaban J connectivity index is 4.47. The second-order valence-electron chi connectivity index (χ2n) is 12.9. The lowest BCUT2D eigenvalue weighted by Gasteiger charge is -2.35. The number of carbonyl (C=O) groups is 2. The maximum absolute atomic E-state index is 12.5. The lowest BCUT2D eigenvalue weighted by atomic mass is 9.69. The van der Waals surface area contributed by atoms with Crippen molar-refractivity contribution in [2.75, 3.05) is 0 Å². The number of aliphatic carboxylic acids is 2. The number of carboxylic acid groups (broad SMARTS) is 2. The van der Waals surface area contributed by atoms with Crippen molar-refractivity contribution in [2.45, 2.75) is 176 Å². The van der Waals surface area contributed by atoms with Gasteiger partial charge in [0.25, 0.3) is 0 Å². The van der Waals surface area contributed by atoms with Crippen LogP contribution in [0.1, 0.15) is 176 Å². The van der Waals surface area contributed by atoms with E-state index < -0.39 is 17.4 Å². The van der Waals surface area contributed by atoms with Crippen LogP contribution in [0.5, 0.6) is 0 Å². The molecule has 0 saturated carbocycles. The highest BCUT2D eigenvalue weighted by Crippen LogP contribution is 2.40. The minimum absolute atomic E-state index is 0.292. The molecule has 2 atom stereocenters. The van der Waals surface area contributed by atoms with E-state index in [1.807, 2.05) is 6.92 Å². The van der Waals surface area contributed by atoms with Gasteiger partial charge in [-0.2, -0.15) is 0 Å². The fourth-order valence-corrected chi connectivity index (χ4v) is 5.69. The Hall–Kier alpha value is -1.06. The molecule has 0 fully saturated rings. The largest absolute Gasteiger partial charge is 0.481 e. The average Bonchev–Trinajstić information content (AvgIpc) is 2.82. The molecule has 2 N–H and O–H groups in total. The predicted molar refractivity (Wildman–Crippen MR) is 158 cm³/mol. The molecule has 220 valence electrons. The fraction of sp³-hybridized carbons (Fsp3) is 0.939. The zero-order valence-corrected chi connectivity index (χ0v) is 25.5. The molecule has 0 aromatic rings. The lowest BCUT2D eigenvalue weighted by Crippen LogP contribution is -2.36. The van der Waals surface area contributed by atoms with Crippen molar-refractivity contribution in [1.29, 1.82) is 0 Å². The van der Waals surface area contributed by atoms with E-state index >= 15 is 0 Å². The fourth-order valence-electron chi connectivity index (χ4n) is 5.69. The lowest BCUT2D eigenvalue weighted by molar-refractivity contribution is -0.152. The molecule has 0 amide bonds. The van der Waals surface area contributed by atoms with Crippen LogP contribution in [0.3, 0.4) is 0 Å². The summed E-state index contributed by atoms with van der Waals surface area (Å²) in [7, 11) is 0. The molecule has 0 aliphatic carbocycles. The highest BCUT2D eigenvalue weighted by molar-refractivity contribution is 5.74. The Kier molecular flexibility index (Phi) is 22.2. The predicted octanol–water partition coefficient (Wildman–Crippen LogP) is 10.7. The minimum Gasteiger partial charge on any atom is -0.481 e. The number of rotatable bonds is 27. The molecule has 0 spiro atoms. The summed E-state index contributed by atoms with van der Waals surface area (Å²) in [5.74, 6) is 0.515. The number of hydrogen-bond acceptors (Lipinski definition) is 2. The average molecular weight is 525 g/mol. The Bertz CT molecular complexity index is 557. The third kappa shape index (κ3) is 20.6. The summed E-state index contributed by atoms with van der Waals surface area (Å²) < 4.78 is 0. The van der Waals surface area contributed by atoms with E-state index in [2.05, 4.69) is 27.7 Å². The maximum atomic E-state index is 12.5. The van der Waals surface area contributed by atoms with Crippen LogP contribution in [0.25, 0.3) is 0 Å². The first kappa shape index (κ1) is 35.9. The number of carboxylic acids is 2. The van der Waals surface area contributed by atoms with Crippen molar-refractivity contribution in [2.24, 2.45) is 23.2 Å². The first-order valence-electron chi connectivity index (χ1n) is 16.0. The summed E-state index contributed by atoms with van der Waals surface area (Å²) in [6.45, 7) is 11.1. The van der Waals surface area contributed by atoms with Crippen LogP contribution in [0, 0.1) is 23.2 Å². The van der Waals surface area contributed by atoms with Crippen molar-refractivity contribution in [3.05, 3.63) is 0 Å². The molecule has 0 aromatic carbocycles. The van der Waals surface area contributed by atoms with Gasteiger partial charge in [-0.3, -0.25) is 9.59 Å². The van der Waals surface area contributed by atoms with Gasteiger partial charge in [-0.1, -0.05) is 137 Å². The van der Waals surface area contributed by atoms with Gasteiger partial charge in [-0.05, 0) is 50.4 Å². The van der Waals surface area contributed by atoms with Crippen molar-refractivity contribution >= 4 is 11.9 Å². The summed E-state index contributed by atoms with van der Waals surface area (Å²) in [6.07, 6.45) is 24.4. The van der Waals surface area contributed by atoms with Crippen molar-refractivity contribution in [3.63, 3.8) is 0 Å². The molecule has 0 aliphatic rings. The molecule has 0 aliphatic heterocycles. The summed E-state index contributed by atoms with van der Waals surface area (Å²) in [6, 6.07) is 0. The van der Waals surface area contributed by atoms with E-state index in [0.717, 1.165) is 69.6 Å². The summed E-state index contributed by atoms with van der Waals surface area (Å²) in [5, 5.41) is 19.0. The molecule has 2 unspecified atom stereocenters. The van der Waals surface area contributed by atoms with Crippen LogP contribution in [0.2, 0.25) is 0 Å². The SMILES string of the molecule is CC(C)CCCCCC(CCCCCCCCCCCCC(=O)O)C(C)(CCCCCC(C)C)C(=O)O. The van der Waals surface area contributed by atoms with Crippen LogP contribution in [0.15, 0.2) is 0 Å². The number of unbranched alkanes of at least 4 members (excludes halogenated alkanes) is 13. The Morgan fingerprint density at radius 1 is 0.541 bits per heavy atom. The summed E-state index contributed by atoms with van der Waals surface area (Å²) in [5.41, 5.74) is -0.587. The van der Waals surface area contributed by atoms with Crippen molar-refractivity contribution in [3.8, 4) is 0 Å². The highest BCUT2D eigenvalue weighted by atomic mass is 16.4. The van der Waals surface area contributed by atoms with E-state index in [9.17, 15) is 14.7 Å². The van der Waals surface area contributed by atoms with Crippen LogP contribution in [-0.2, 0) is 9.59 Å². The van der Waals surface area contributed by atoms with E-state index in [-0.39, 0.29) is 0 Å². The second kappa shape index (κ2) is 22.9. The minimum atomic E-state index is -0.682. The molecule has 4 nitrogen and oxygen atoms in total. The van der Waals surface area contributed by atoms with Crippen LogP contribution in [-0.4, -0.2) is 22.2 Å². The Labute approximate surface area is 230 Å². The van der Waals surface area contributed by atoms with Crippen LogP contribution < -0.4 is 0 Å². The van der Waals surface area contributed by atoms with Crippen molar-refractivity contribution in [1.82, 2.24) is 0 Å². The first-order chi connectivity index (χ1) is 17.6. The molecule has 4 heteroatoms. The van der Waals surface area contributed by atoms with Crippen molar-refractivity contribution < 1.29 is 19.8 Å². The van der Waals surface area contributed by atoms with Gasteiger partial charge < -0.3 is 10.2 Å². The first-order valence-corrected chi connectivity index (χ1v) is 16.0. The van der Waals surface area contributed by atoms with Gasteiger partial charge in [-0.25, -0.2) is 0 Å². The maximum Gasteiger partial charge on any atom is 0.309 e. The van der Waals surface area contributed by atoms with E-state index in [4.69, 9.17) is 5.11 Å². The smallest absolute Gasteiger partial charge is 0.309 e. The Morgan fingerprint density at radius 3 is 1.30 bits per heavy atom. The van der Waals surface area contributed by atoms with E-state index in [1.165, 1.54) is 77.0 Å². The molecule has 0 rings (SSSR count). The molecule has 0 bridgehead atoms. The Morgan fingerprint density at radius 2 is 0.892 bits per heavy atom. The van der Waals surface area contributed by atoms with Gasteiger partial charge in [0.2, 0.25) is 0 Å². The van der Waals surface area contributed by atoms with Crippen LogP contribution in [0.4, 0.5) is 0 Å². The van der Waals surface area contributed by atoms with Gasteiger partial charge in [0.1, 0.15) is 0 Å². The van der Waals surface area contributed by atoms with Gasteiger partial charge in [0.15, 0.2) is 0 Å². The molecule has 0 aromatic heterocycles. The molecular weight excluding hydrogens is 460 g/mol. The van der Waals surface area contributed by atoms with Crippen LogP contribution >= 0.6 is 0 Å². The van der Waals surface area contributed by atoms with Gasteiger partial charge in [0, 0.05) is 6.42 Å². The standard InChI is InChI=1S/C33H64O4/c1-28(2)22-16-14-19-25-30(33(5,32(36)37)27-21-15-17-23-29(3)4)24-18-12-10-8-6-7-9-11-13-20-26-31(34)35/h28-30H,6-27H2,1-5H3,(H,34,35)(H,36,37). The topological polar surface area (TPSA) is 74.6 Å². The molecule has 37 heavy (non-hydrogen) atoms. The molecular formula is C33H64O4. The summed E-state index contributed by atoms with van der Waals surface area (Å²) >= 11 is 0. The molecule has 0 radical (unpaired) electrons. The third-order valence-corrected chi connectivity index (χ3v) is 8.39. The quantitative estimate of drug-likeness (QED) is 0.105. The molecule has 0 heterocycles. The monoisotopic (exact) mass is 524 g/mol. The van der Waals surface area contributed by atoms with Gasteiger partial charge in [-0.15, -0.1) is 0 Å². The van der Waals surface area contributed by atoms with Gasteiger partial charge >= 0.3 is 11.9 Å². The van der Waals surface area contributed by atoms with Gasteiger partial charge in [0.05, 0.1) is 5.41 Å².